The predicted octanol–water partition coefficient (Wildman–Crippen LogP) is 3.24. The quantitative estimate of drug-likeness (QED) is 0.402. The van der Waals surface area contributed by atoms with Crippen molar-refractivity contribution in [3.05, 3.63) is 54.3 Å². The van der Waals surface area contributed by atoms with E-state index in [9.17, 15) is 4.79 Å². The molecule has 4 N–H and O–H groups in total. The largest absolute Gasteiger partial charge is 0.444 e. The number of benzene rings is 1. The topological polar surface area (TPSA) is 135 Å². The molecular weight excluding hydrogens is 458 g/mol. The first-order valence-electron chi connectivity index (χ1n) is 10.8. The normalized spacial score (nSPS) is 14.1. The maximum atomic E-state index is 13.0. The van der Waals surface area contributed by atoms with E-state index in [1.165, 1.54) is 6.26 Å². The van der Waals surface area contributed by atoms with Gasteiger partial charge in [0, 0.05) is 55.2 Å². The van der Waals surface area contributed by atoms with Crippen LogP contribution in [0.15, 0.2) is 47.3 Å². The molecule has 1 aliphatic heterocycles. The van der Waals surface area contributed by atoms with E-state index in [1.807, 2.05) is 38.4 Å². The van der Waals surface area contributed by atoms with E-state index in [2.05, 4.69) is 37.1 Å². The van der Waals surface area contributed by atoms with Crippen LogP contribution in [0.25, 0.3) is 22.4 Å². The number of piperidine rings is 1. The maximum absolute atomic E-state index is 13.0. The van der Waals surface area contributed by atoms with Gasteiger partial charge in [-0.15, -0.1) is 0 Å². The van der Waals surface area contributed by atoms with Crippen molar-refractivity contribution >= 4 is 40.1 Å². The summed E-state index contributed by atoms with van der Waals surface area (Å²) >= 11 is 3.64. The van der Waals surface area contributed by atoms with Gasteiger partial charge in [-0.2, -0.15) is 5.10 Å². The Morgan fingerprint density at radius 2 is 2.03 bits per heavy atom. The molecule has 0 radical (unpaired) electrons. The van der Waals surface area contributed by atoms with Gasteiger partial charge >= 0.3 is 0 Å². The molecule has 0 saturated carbocycles. The molecule has 1 fully saturated rings. The van der Waals surface area contributed by atoms with Crippen LogP contribution in [-0.2, 0) is 7.05 Å². The highest BCUT2D eigenvalue weighted by atomic mass is 35.5. The smallest absolute Gasteiger partial charge is 0.277 e. The molecule has 3 aromatic heterocycles. The third kappa shape index (κ3) is 5.04. The molecule has 4 aromatic rings. The number of anilines is 2. The van der Waals surface area contributed by atoms with Crippen molar-refractivity contribution in [2.45, 2.75) is 25.8 Å². The van der Waals surface area contributed by atoms with Gasteiger partial charge in [0.15, 0.2) is 5.69 Å². The van der Waals surface area contributed by atoms with E-state index in [0.29, 0.717) is 5.89 Å². The van der Waals surface area contributed by atoms with Crippen molar-refractivity contribution in [2.24, 2.45) is 12.8 Å². The molecule has 11 heteroatoms. The van der Waals surface area contributed by atoms with Crippen LogP contribution in [-0.4, -0.2) is 49.4 Å². The number of pyridine rings is 1. The molecule has 10 nitrogen and oxygen atoms in total. The van der Waals surface area contributed by atoms with Crippen molar-refractivity contribution in [1.82, 2.24) is 19.7 Å². The number of nitrogens with one attached hydrogen (secondary N) is 1. The zero-order valence-corrected chi connectivity index (χ0v) is 19.7. The molecule has 1 amide bonds. The summed E-state index contributed by atoms with van der Waals surface area (Å²) in [5.74, 6) is 0.0533. The van der Waals surface area contributed by atoms with E-state index in [-0.39, 0.29) is 17.6 Å². The molecule has 0 spiro atoms. The Hall–Kier alpha value is -3.47. The first-order chi connectivity index (χ1) is 16.5. The van der Waals surface area contributed by atoms with Crippen LogP contribution in [0.1, 0.15) is 29.0 Å². The van der Waals surface area contributed by atoms with Crippen LogP contribution < -0.4 is 16.0 Å². The van der Waals surface area contributed by atoms with Gasteiger partial charge in [0.1, 0.15) is 6.26 Å². The van der Waals surface area contributed by atoms with Crippen LogP contribution in [0.3, 0.4) is 0 Å². The van der Waals surface area contributed by atoms with Crippen molar-refractivity contribution in [3.63, 3.8) is 0 Å². The number of aromatic nitrogens is 4. The molecule has 0 bridgehead atoms. The highest BCUT2D eigenvalue weighted by Gasteiger charge is 2.22. The van der Waals surface area contributed by atoms with E-state index in [0.717, 1.165) is 59.5 Å². The van der Waals surface area contributed by atoms with Crippen molar-refractivity contribution in [2.75, 3.05) is 23.3 Å². The highest BCUT2D eigenvalue weighted by Crippen LogP contribution is 2.33. The number of fused-ring (bicyclic) bond motifs is 1. The van der Waals surface area contributed by atoms with Crippen LogP contribution in [0, 0.1) is 6.92 Å². The molecule has 0 aliphatic carbocycles. The lowest BCUT2D eigenvalue weighted by Gasteiger charge is -2.33. The molecule has 5 rings (SSSR count). The van der Waals surface area contributed by atoms with Crippen LogP contribution in [0.4, 0.5) is 11.4 Å². The summed E-state index contributed by atoms with van der Waals surface area (Å²) < 4.78 is 13.8. The van der Waals surface area contributed by atoms with E-state index >= 15 is 0 Å². The summed E-state index contributed by atoms with van der Waals surface area (Å²) in [6.07, 6.45) is 6.81. The molecule has 4 heterocycles. The second-order valence-corrected chi connectivity index (χ2v) is 8.23. The number of hydrogen-bond acceptors (Lipinski definition) is 8. The fourth-order valence-electron chi connectivity index (χ4n) is 4.06. The average Bonchev–Trinajstić information content (AvgIpc) is 3.47. The van der Waals surface area contributed by atoms with Gasteiger partial charge in [0.05, 0.1) is 28.8 Å². The van der Waals surface area contributed by atoms with Crippen LogP contribution in [0.2, 0.25) is 0 Å². The summed E-state index contributed by atoms with van der Waals surface area (Å²) in [7, 11) is 1.88. The van der Waals surface area contributed by atoms with Gasteiger partial charge in [-0.05, 0) is 44.0 Å². The Labute approximate surface area is 201 Å². The molecule has 1 saturated heterocycles. The van der Waals surface area contributed by atoms with Gasteiger partial charge < -0.3 is 20.4 Å². The fourth-order valence-corrected chi connectivity index (χ4v) is 4.06. The number of carbonyl (C=O) groups excluding carboxylic acids is 1. The standard InChI is InChI=1S/C23H25N7O2.ClHO/c1-14-9-15(3-6-25-14)23-27-20(13-32-23)22(31)26-19-10-16-12-29(2)28-18(16)11-21(19)30-7-4-17(24)5-8-30;1-2/h3,6,9-13,17H,4-5,7-8,24H2,1-2H3,(H,26,31);2H. The lowest BCUT2D eigenvalue weighted by molar-refractivity contribution is 0.102. The number of nitrogens with two attached hydrogens (primary N) is 1. The van der Waals surface area contributed by atoms with Crippen LogP contribution >= 0.6 is 11.9 Å². The highest BCUT2D eigenvalue weighted by molar-refractivity contribution is 6.06. The zero-order valence-electron chi connectivity index (χ0n) is 18.9. The summed E-state index contributed by atoms with van der Waals surface area (Å²) in [4.78, 5) is 23.9. The predicted molar refractivity (Wildman–Crippen MR) is 131 cm³/mol. The summed E-state index contributed by atoms with van der Waals surface area (Å²) in [5.41, 5.74) is 10.5. The summed E-state index contributed by atoms with van der Waals surface area (Å²) in [6.45, 7) is 3.55. The summed E-state index contributed by atoms with van der Waals surface area (Å²) in [6, 6.07) is 7.86. The SMILES string of the molecule is Cc1cc(-c2nc(C(=O)Nc3cc4cn(C)nc4cc3N3CCC(N)CC3)co2)ccn1.OCl. The molecular formula is C23H26ClN7O3. The molecule has 34 heavy (non-hydrogen) atoms. The lowest BCUT2D eigenvalue weighted by Crippen LogP contribution is -2.40. The third-order valence-corrected chi connectivity index (χ3v) is 5.75. The third-order valence-electron chi connectivity index (χ3n) is 5.75. The Morgan fingerprint density at radius 1 is 1.26 bits per heavy atom. The zero-order chi connectivity index (χ0) is 24.2. The van der Waals surface area contributed by atoms with Crippen LogP contribution in [0.5, 0.6) is 0 Å². The van der Waals surface area contributed by atoms with E-state index in [1.54, 1.807) is 16.9 Å². The minimum Gasteiger partial charge on any atom is -0.444 e. The van der Waals surface area contributed by atoms with E-state index in [4.69, 9.17) is 14.8 Å². The minimum absolute atomic E-state index is 0.215. The van der Waals surface area contributed by atoms with Gasteiger partial charge in [-0.3, -0.25) is 19.1 Å². The monoisotopic (exact) mass is 483 g/mol. The number of oxazole rings is 1. The first-order valence-corrected chi connectivity index (χ1v) is 11.1. The summed E-state index contributed by atoms with van der Waals surface area (Å²) in [5, 5.41) is 8.51. The molecule has 178 valence electrons. The number of rotatable bonds is 4. The molecule has 0 atom stereocenters. The Kier molecular flexibility index (Phi) is 7.11. The number of nitrogens with zero attached hydrogens (tertiary/aromatic N) is 5. The molecule has 1 aliphatic rings. The number of carbonyl (C=O) groups is 1. The van der Waals surface area contributed by atoms with Gasteiger partial charge in [-0.1, -0.05) is 0 Å². The lowest BCUT2D eigenvalue weighted by atomic mass is 10.0. The van der Waals surface area contributed by atoms with Gasteiger partial charge in [-0.25, -0.2) is 4.98 Å². The van der Waals surface area contributed by atoms with Crippen molar-refractivity contribution in [3.8, 4) is 11.5 Å². The maximum Gasteiger partial charge on any atom is 0.277 e. The minimum atomic E-state index is -0.330. The van der Waals surface area contributed by atoms with Gasteiger partial charge in [0.2, 0.25) is 5.89 Å². The Balaban J connectivity index is 0.00000133. The number of hydrogen-bond donors (Lipinski definition) is 3. The first kappa shape index (κ1) is 23.7. The Morgan fingerprint density at radius 3 is 2.76 bits per heavy atom. The second-order valence-electron chi connectivity index (χ2n) is 8.23. The fraction of sp³-hybridized carbons (Fsp3) is 0.304. The number of halogens is 1. The number of amides is 1. The van der Waals surface area contributed by atoms with Gasteiger partial charge in [0.25, 0.3) is 5.91 Å². The van der Waals surface area contributed by atoms with Crippen molar-refractivity contribution in [1.29, 1.82) is 0 Å². The molecule has 1 aromatic carbocycles. The second kappa shape index (κ2) is 10.2. The average molecular weight is 484 g/mol. The Bertz CT molecular complexity index is 1290. The number of aryl methyl sites for hydroxylation is 2. The van der Waals surface area contributed by atoms with E-state index < -0.39 is 0 Å². The van der Waals surface area contributed by atoms with Crippen molar-refractivity contribution < 1.29 is 13.9 Å². The molecule has 0 unspecified atom stereocenters.